The van der Waals surface area contributed by atoms with Crippen molar-refractivity contribution in [3.63, 3.8) is 0 Å². The number of carbonyl (C=O) groups is 2. The Kier molecular flexibility index (Phi) is 5.63. The minimum atomic E-state index is -0.587. The zero-order valence-corrected chi connectivity index (χ0v) is 17.4. The van der Waals surface area contributed by atoms with Gasteiger partial charge >= 0.3 is 0 Å². The highest BCUT2D eigenvalue weighted by Crippen LogP contribution is 2.37. The Morgan fingerprint density at radius 3 is 1.94 bits per heavy atom. The fourth-order valence-corrected chi connectivity index (χ4v) is 3.75. The minimum Gasteiger partial charge on any atom is -0.339 e. The number of nitrogens with zero attached hydrogens (tertiary/aromatic N) is 1. The molecule has 1 heterocycles. The third-order valence-electron chi connectivity index (χ3n) is 5.39. The van der Waals surface area contributed by atoms with Gasteiger partial charge in [-0.25, -0.2) is 4.39 Å². The third-order valence-corrected chi connectivity index (χ3v) is 5.39. The van der Waals surface area contributed by atoms with Gasteiger partial charge in [0.05, 0.1) is 0 Å². The van der Waals surface area contributed by atoms with Gasteiger partial charge in [-0.05, 0) is 42.7 Å². The summed E-state index contributed by atoms with van der Waals surface area (Å²) in [5.41, 5.74) is 6.83. The molecule has 4 aromatic rings. The van der Waals surface area contributed by atoms with Crippen molar-refractivity contribution in [3.8, 4) is 22.3 Å². The Balaban J connectivity index is 1.96. The summed E-state index contributed by atoms with van der Waals surface area (Å²) in [5.74, 6) is -0.905. The summed E-state index contributed by atoms with van der Waals surface area (Å²) in [7, 11) is 0. The van der Waals surface area contributed by atoms with Crippen LogP contribution in [0.3, 0.4) is 0 Å². The number of carbonyl (C=O) groups excluding carboxylic acids is 2. The second-order valence-electron chi connectivity index (χ2n) is 7.73. The minimum absolute atomic E-state index is 0.318. The van der Waals surface area contributed by atoms with Crippen molar-refractivity contribution in [3.05, 3.63) is 107 Å². The molecule has 0 fully saturated rings. The molecule has 0 spiro atoms. The maximum absolute atomic E-state index is 13.4. The zero-order valence-electron chi connectivity index (χ0n) is 17.4. The fourth-order valence-electron chi connectivity index (χ4n) is 3.75. The van der Waals surface area contributed by atoms with Gasteiger partial charge in [-0.2, -0.15) is 0 Å². The van der Waals surface area contributed by atoms with Crippen LogP contribution in [0.5, 0.6) is 0 Å². The molecule has 0 N–H and O–H groups in total. The molecule has 0 amide bonds. The monoisotopic (exact) mass is 411 g/mol. The summed E-state index contributed by atoms with van der Waals surface area (Å²) in [4.78, 5) is 24.4. The molecule has 0 aliphatic rings. The summed E-state index contributed by atoms with van der Waals surface area (Å²) in [6.45, 7) is 4.37. The van der Waals surface area contributed by atoms with Gasteiger partial charge in [-0.15, -0.1) is 0 Å². The normalized spacial score (nSPS) is 10.8. The van der Waals surface area contributed by atoms with Gasteiger partial charge in [-0.1, -0.05) is 71.8 Å². The number of aldehydes is 1. The maximum atomic E-state index is 13.4. The number of aromatic nitrogens is 1. The number of benzene rings is 3. The molecule has 0 saturated heterocycles. The van der Waals surface area contributed by atoms with Gasteiger partial charge in [0.2, 0.25) is 5.78 Å². The molecule has 0 radical (unpaired) electrons. The van der Waals surface area contributed by atoms with Gasteiger partial charge in [0.1, 0.15) is 11.5 Å². The van der Waals surface area contributed by atoms with E-state index in [4.69, 9.17) is 0 Å². The van der Waals surface area contributed by atoms with Crippen molar-refractivity contribution in [2.45, 2.75) is 20.4 Å². The lowest BCUT2D eigenvalue weighted by Crippen LogP contribution is -2.11. The first-order chi connectivity index (χ1) is 15.0. The van der Waals surface area contributed by atoms with Gasteiger partial charge in [0.15, 0.2) is 6.29 Å². The molecular weight excluding hydrogens is 389 g/mol. The number of rotatable bonds is 6. The molecule has 4 rings (SSSR count). The topological polar surface area (TPSA) is 39.1 Å². The number of Topliss-reactive ketones (excluding diaryl/α,β-unsaturated/α-hetero) is 1. The summed E-state index contributed by atoms with van der Waals surface area (Å²) >= 11 is 0. The molecule has 4 heteroatoms. The average molecular weight is 411 g/mol. The van der Waals surface area contributed by atoms with Crippen molar-refractivity contribution in [1.29, 1.82) is 0 Å². The Bertz CT molecular complexity index is 1230. The van der Waals surface area contributed by atoms with E-state index in [0.717, 1.165) is 38.9 Å². The lowest BCUT2D eigenvalue weighted by molar-refractivity contribution is -0.104. The molecule has 0 saturated carbocycles. The van der Waals surface area contributed by atoms with E-state index in [0.29, 0.717) is 18.5 Å². The maximum Gasteiger partial charge on any atom is 0.242 e. The molecule has 0 unspecified atom stereocenters. The van der Waals surface area contributed by atoms with Crippen LogP contribution in [0.15, 0.2) is 79.0 Å². The van der Waals surface area contributed by atoms with Gasteiger partial charge < -0.3 is 4.57 Å². The highest BCUT2D eigenvalue weighted by atomic mass is 19.1. The van der Waals surface area contributed by atoms with E-state index in [2.05, 4.69) is 0 Å². The lowest BCUT2D eigenvalue weighted by atomic mass is 9.94. The number of hydrogen-bond acceptors (Lipinski definition) is 2. The molecule has 3 nitrogen and oxygen atoms in total. The highest BCUT2D eigenvalue weighted by molar-refractivity contribution is 6.35. The van der Waals surface area contributed by atoms with E-state index in [9.17, 15) is 14.0 Å². The van der Waals surface area contributed by atoms with E-state index in [1.165, 1.54) is 12.1 Å². The fraction of sp³-hybridized carbons (Fsp3) is 0.111. The van der Waals surface area contributed by atoms with Crippen LogP contribution in [-0.2, 0) is 11.3 Å². The first kappa shape index (κ1) is 20.5. The van der Waals surface area contributed by atoms with Crippen LogP contribution in [0.4, 0.5) is 4.39 Å². The van der Waals surface area contributed by atoms with E-state index in [1.54, 1.807) is 16.7 Å². The Morgan fingerprint density at radius 1 is 0.839 bits per heavy atom. The average Bonchev–Trinajstić information content (AvgIpc) is 3.15. The van der Waals surface area contributed by atoms with Crippen LogP contribution in [0, 0.1) is 19.7 Å². The zero-order chi connectivity index (χ0) is 22.0. The van der Waals surface area contributed by atoms with E-state index in [1.807, 2.05) is 68.6 Å². The van der Waals surface area contributed by atoms with Crippen molar-refractivity contribution < 1.29 is 14.0 Å². The molecule has 3 aromatic carbocycles. The van der Waals surface area contributed by atoms with Crippen LogP contribution in [-0.4, -0.2) is 16.6 Å². The molecule has 1 aromatic heterocycles. The van der Waals surface area contributed by atoms with Gasteiger partial charge in [0.25, 0.3) is 0 Å². The Hall–Kier alpha value is -3.79. The van der Waals surface area contributed by atoms with E-state index < -0.39 is 5.78 Å². The predicted octanol–water partition coefficient (Wildman–Crippen LogP) is 6.01. The number of halogens is 1. The predicted molar refractivity (Wildman–Crippen MR) is 121 cm³/mol. The molecule has 0 atom stereocenters. The van der Waals surface area contributed by atoms with Crippen LogP contribution >= 0.6 is 0 Å². The summed E-state index contributed by atoms with van der Waals surface area (Å²) < 4.78 is 15.1. The van der Waals surface area contributed by atoms with Crippen molar-refractivity contribution >= 4 is 12.1 Å². The largest absolute Gasteiger partial charge is 0.339 e. The molecule has 154 valence electrons. The van der Waals surface area contributed by atoms with E-state index >= 15 is 0 Å². The van der Waals surface area contributed by atoms with E-state index in [-0.39, 0.29) is 5.82 Å². The molecule has 0 aliphatic carbocycles. The van der Waals surface area contributed by atoms with Crippen molar-refractivity contribution in [2.24, 2.45) is 0 Å². The Labute approximate surface area is 180 Å². The van der Waals surface area contributed by atoms with Gasteiger partial charge in [-0.3, -0.25) is 9.59 Å². The SMILES string of the molecule is Cc1ccc(-c2cn(Cc3ccc(F)cc3)c(C(=O)C=O)c2-c2ccc(C)cc2)cc1. The van der Waals surface area contributed by atoms with Gasteiger partial charge in [0, 0.05) is 23.9 Å². The second-order valence-corrected chi connectivity index (χ2v) is 7.73. The van der Waals surface area contributed by atoms with Crippen LogP contribution in [0.1, 0.15) is 27.2 Å². The number of aryl methyl sites for hydroxylation is 2. The second kappa shape index (κ2) is 8.52. The third kappa shape index (κ3) is 4.24. The van der Waals surface area contributed by atoms with Crippen molar-refractivity contribution in [1.82, 2.24) is 4.57 Å². The van der Waals surface area contributed by atoms with Crippen molar-refractivity contribution in [2.75, 3.05) is 0 Å². The first-order valence-corrected chi connectivity index (χ1v) is 10.1. The molecule has 0 aliphatic heterocycles. The summed E-state index contributed by atoms with van der Waals surface area (Å²) in [5, 5.41) is 0. The quantitative estimate of drug-likeness (QED) is 0.221. The molecular formula is C27H22FNO2. The lowest BCUT2D eigenvalue weighted by Gasteiger charge is -2.10. The first-order valence-electron chi connectivity index (χ1n) is 10.1. The summed E-state index contributed by atoms with van der Waals surface area (Å²) in [6, 6.07) is 22.1. The smallest absolute Gasteiger partial charge is 0.242 e. The van der Waals surface area contributed by atoms with Crippen LogP contribution < -0.4 is 0 Å². The molecule has 0 bridgehead atoms. The van der Waals surface area contributed by atoms with Crippen LogP contribution in [0.2, 0.25) is 0 Å². The molecule has 31 heavy (non-hydrogen) atoms. The number of hydrogen-bond donors (Lipinski definition) is 0. The standard InChI is InChI=1S/C27H22FNO2/c1-18-3-9-21(10-4-18)24-16-29(15-20-7-13-23(28)14-8-20)27(25(31)17-30)26(24)22-11-5-19(2)6-12-22/h3-14,16-17H,15H2,1-2H3. The summed E-state index contributed by atoms with van der Waals surface area (Å²) in [6.07, 6.45) is 2.26. The Morgan fingerprint density at radius 2 is 1.39 bits per heavy atom. The highest BCUT2D eigenvalue weighted by Gasteiger charge is 2.23. The number of ketones is 1. The van der Waals surface area contributed by atoms with Crippen LogP contribution in [0.25, 0.3) is 22.3 Å².